The van der Waals surface area contributed by atoms with Gasteiger partial charge < -0.3 is 9.40 Å². The molecule has 136 valence electrons. The van der Waals surface area contributed by atoms with E-state index in [9.17, 15) is 9.59 Å². The Bertz CT molecular complexity index is 1070. The maximum Gasteiger partial charge on any atom is 0.328 e. The normalized spacial score (nSPS) is 11.1. The first-order chi connectivity index (χ1) is 12.3. The van der Waals surface area contributed by atoms with Crippen LogP contribution in [0.2, 0.25) is 10.0 Å². The number of rotatable bonds is 5. The lowest BCUT2D eigenvalue weighted by atomic mass is 10.2. The molecular formula is C16H14Cl2N4O3S. The summed E-state index contributed by atoms with van der Waals surface area (Å²) in [4.78, 5) is 26.4. The minimum absolute atomic E-state index is 0.148. The van der Waals surface area contributed by atoms with Gasteiger partial charge in [0.25, 0.3) is 10.8 Å². The van der Waals surface area contributed by atoms with E-state index < -0.39 is 5.69 Å². The van der Waals surface area contributed by atoms with Crippen molar-refractivity contribution in [3.8, 4) is 0 Å². The molecule has 0 saturated carbocycles. The summed E-state index contributed by atoms with van der Waals surface area (Å²) in [6.07, 6.45) is 0.148. The van der Waals surface area contributed by atoms with E-state index in [4.69, 9.17) is 27.6 Å². The van der Waals surface area contributed by atoms with Crippen LogP contribution in [0.5, 0.6) is 0 Å². The van der Waals surface area contributed by atoms with E-state index >= 15 is 0 Å². The summed E-state index contributed by atoms with van der Waals surface area (Å²) in [7, 11) is 1.41. The molecule has 0 saturated heterocycles. The first-order valence-electron chi connectivity index (χ1n) is 7.53. The van der Waals surface area contributed by atoms with Crippen molar-refractivity contribution >= 4 is 35.0 Å². The van der Waals surface area contributed by atoms with Gasteiger partial charge in [0.2, 0.25) is 5.89 Å². The summed E-state index contributed by atoms with van der Waals surface area (Å²) >= 11 is 13.2. The van der Waals surface area contributed by atoms with Crippen molar-refractivity contribution in [1.82, 2.24) is 19.7 Å². The lowest BCUT2D eigenvalue weighted by Crippen LogP contribution is -2.36. The number of nitrogens with zero attached hydrogens (tertiary/aromatic N) is 3. The second kappa shape index (κ2) is 7.69. The lowest BCUT2D eigenvalue weighted by molar-refractivity contribution is 0.419. The minimum Gasteiger partial charge on any atom is -0.416 e. The third-order valence-corrected chi connectivity index (χ3v) is 5.37. The molecule has 0 atom stereocenters. The number of aromatic nitrogens is 4. The number of hydrogen-bond donors (Lipinski definition) is 1. The van der Waals surface area contributed by atoms with Gasteiger partial charge in [-0.2, -0.15) is 0 Å². The number of aryl methyl sites for hydroxylation is 1. The molecule has 26 heavy (non-hydrogen) atoms. The Kier molecular flexibility index (Phi) is 5.55. The molecule has 0 fully saturated rings. The molecular weight excluding hydrogens is 399 g/mol. The molecule has 0 unspecified atom stereocenters. The summed E-state index contributed by atoms with van der Waals surface area (Å²) in [6, 6.07) is 5.38. The second-order valence-corrected chi connectivity index (χ2v) is 7.31. The van der Waals surface area contributed by atoms with E-state index in [1.165, 1.54) is 18.8 Å². The van der Waals surface area contributed by atoms with E-state index in [0.29, 0.717) is 38.2 Å². The zero-order valence-electron chi connectivity index (χ0n) is 13.9. The van der Waals surface area contributed by atoms with Crippen molar-refractivity contribution in [2.75, 3.05) is 0 Å². The topological polar surface area (TPSA) is 93.8 Å². The number of halogens is 2. The predicted molar refractivity (Wildman–Crippen MR) is 100 cm³/mol. The molecule has 0 spiro atoms. The maximum atomic E-state index is 12.2. The van der Waals surface area contributed by atoms with Gasteiger partial charge in [-0.3, -0.25) is 9.36 Å². The molecule has 0 aliphatic heterocycles. The van der Waals surface area contributed by atoms with Crippen molar-refractivity contribution in [3.63, 3.8) is 0 Å². The van der Waals surface area contributed by atoms with Crippen LogP contribution in [-0.4, -0.2) is 19.7 Å². The fourth-order valence-corrected chi connectivity index (χ4v) is 3.32. The second-order valence-electron chi connectivity index (χ2n) is 5.57. The zero-order chi connectivity index (χ0) is 18.8. The SMILES string of the molecule is Cc1[nH]c(=O)n(C)c(=O)c1Cc1nnc(SCc2ccc(Cl)c(Cl)c2)o1. The molecule has 1 N–H and O–H groups in total. The van der Waals surface area contributed by atoms with Gasteiger partial charge in [0.15, 0.2) is 0 Å². The monoisotopic (exact) mass is 412 g/mol. The van der Waals surface area contributed by atoms with Crippen molar-refractivity contribution in [2.45, 2.75) is 24.3 Å². The van der Waals surface area contributed by atoms with Crippen LogP contribution < -0.4 is 11.2 Å². The number of benzene rings is 1. The zero-order valence-corrected chi connectivity index (χ0v) is 16.2. The minimum atomic E-state index is -0.459. The van der Waals surface area contributed by atoms with Gasteiger partial charge in [-0.05, 0) is 24.6 Å². The Morgan fingerprint density at radius 1 is 1.23 bits per heavy atom. The molecule has 2 heterocycles. The predicted octanol–water partition coefficient (Wildman–Crippen LogP) is 2.95. The number of hydrogen-bond acceptors (Lipinski definition) is 6. The third kappa shape index (κ3) is 4.03. The first-order valence-corrected chi connectivity index (χ1v) is 9.27. The summed E-state index contributed by atoms with van der Waals surface area (Å²) in [6.45, 7) is 1.66. The lowest BCUT2D eigenvalue weighted by Gasteiger charge is -2.04. The van der Waals surface area contributed by atoms with E-state index in [2.05, 4.69) is 15.2 Å². The van der Waals surface area contributed by atoms with Crippen LogP contribution in [0.3, 0.4) is 0 Å². The first kappa shape index (κ1) is 18.8. The Labute approximate surface area is 162 Å². The van der Waals surface area contributed by atoms with Gasteiger partial charge >= 0.3 is 5.69 Å². The van der Waals surface area contributed by atoms with E-state index in [-0.39, 0.29) is 12.0 Å². The summed E-state index contributed by atoms with van der Waals surface area (Å²) in [5, 5.41) is 9.30. The summed E-state index contributed by atoms with van der Waals surface area (Å²) in [5.74, 6) is 0.881. The largest absolute Gasteiger partial charge is 0.416 e. The van der Waals surface area contributed by atoms with Crippen molar-refractivity contribution < 1.29 is 4.42 Å². The molecule has 3 aromatic rings. The van der Waals surface area contributed by atoms with Crippen LogP contribution in [0, 0.1) is 6.92 Å². The van der Waals surface area contributed by atoms with E-state index in [1.807, 2.05) is 6.07 Å². The fourth-order valence-electron chi connectivity index (χ4n) is 2.28. The molecule has 0 amide bonds. The molecule has 0 aliphatic carbocycles. The van der Waals surface area contributed by atoms with Gasteiger partial charge in [-0.25, -0.2) is 4.79 Å². The highest BCUT2D eigenvalue weighted by molar-refractivity contribution is 7.98. The van der Waals surface area contributed by atoms with Crippen LogP contribution in [0.4, 0.5) is 0 Å². The molecule has 1 aromatic carbocycles. The molecule has 2 aromatic heterocycles. The molecule has 7 nitrogen and oxygen atoms in total. The summed E-state index contributed by atoms with van der Waals surface area (Å²) < 4.78 is 6.60. The van der Waals surface area contributed by atoms with Gasteiger partial charge in [-0.15, -0.1) is 10.2 Å². The van der Waals surface area contributed by atoms with Crippen LogP contribution >= 0.6 is 35.0 Å². The van der Waals surface area contributed by atoms with Gasteiger partial charge in [0, 0.05) is 24.1 Å². The van der Waals surface area contributed by atoms with Crippen molar-refractivity contribution in [1.29, 1.82) is 0 Å². The molecule has 0 bridgehead atoms. The van der Waals surface area contributed by atoms with E-state index in [0.717, 1.165) is 10.1 Å². The fraction of sp³-hybridized carbons (Fsp3) is 0.250. The average molecular weight is 413 g/mol. The smallest absolute Gasteiger partial charge is 0.328 e. The Morgan fingerprint density at radius 2 is 2.00 bits per heavy atom. The van der Waals surface area contributed by atoms with Crippen LogP contribution in [-0.2, 0) is 19.2 Å². The number of nitrogens with one attached hydrogen (secondary N) is 1. The van der Waals surface area contributed by atoms with Crippen LogP contribution in [0.15, 0.2) is 37.4 Å². The number of thioether (sulfide) groups is 1. The van der Waals surface area contributed by atoms with Gasteiger partial charge in [-0.1, -0.05) is 41.0 Å². The standard InChI is InChI=1S/C16H14Cl2N4O3S/c1-8-10(14(23)22(2)15(24)19-8)6-13-20-21-16(25-13)26-7-9-3-4-11(17)12(18)5-9/h3-5H,6-7H2,1-2H3,(H,19,24). The van der Waals surface area contributed by atoms with Crippen LogP contribution in [0.25, 0.3) is 0 Å². The maximum absolute atomic E-state index is 12.2. The molecule has 0 aliphatic rings. The number of H-pyrrole nitrogens is 1. The molecule has 0 radical (unpaired) electrons. The average Bonchev–Trinajstić information content (AvgIpc) is 3.05. The third-order valence-electron chi connectivity index (χ3n) is 3.74. The highest BCUT2D eigenvalue weighted by atomic mass is 35.5. The highest BCUT2D eigenvalue weighted by Crippen LogP contribution is 2.27. The Balaban J connectivity index is 1.72. The van der Waals surface area contributed by atoms with Gasteiger partial charge in [0.05, 0.1) is 16.5 Å². The Hall–Kier alpha value is -2.03. The molecule has 3 rings (SSSR count). The van der Waals surface area contributed by atoms with Crippen molar-refractivity contribution in [3.05, 3.63) is 71.8 Å². The quantitative estimate of drug-likeness (QED) is 0.647. The van der Waals surface area contributed by atoms with E-state index in [1.54, 1.807) is 19.1 Å². The summed E-state index contributed by atoms with van der Waals surface area (Å²) in [5.41, 5.74) is 1.03. The molecule has 10 heteroatoms. The Morgan fingerprint density at radius 3 is 2.73 bits per heavy atom. The van der Waals surface area contributed by atoms with Crippen LogP contribution in [0.1, 0.15) is 22.7 Å². The number of aromatic amines is 1. The van der Waals surface area contributed by atoms with Crippen molar-refractivity contribution in [2.24, 2.45) is 7.05 Å². The van der Waals surface area contributed by atoms with Gasteiger partial charge in [0.1, 0.15) is 0 Å². The highest BCUT2D eigenvalue weighted by Gasteiger charge is 2.14.